The van der Waals surface area contributed by atoms with Gasteiger partial charge in [0.25, 0.3) is 0 Å². The number of oxime groups is 1. The Balaban J connectivity index is 2.29. The van der Waals surface area contributed by atoms with Crippen LogP contribution in [0.4, 0.5) is 13.2 Å². The molecule has 0 radical (unpaired) electrons. The third-order valence-electron chi connectivity index (χ3n) is 2.59. The minimum Gasteiger partial charge on any atom is -0.399 e. The molecular weight excluding hydrogens is 285 g/mol. The van der Waals surface area contributed by atoms with E-state index in [1.54, 1.807) is 10.7 Å². The highest BCUT2D eigenvalue weighted by atomic mass is 32.1. The summed E-state index contributed by atoms with van der Waals surface area (Å²) in [5, 5.41) is 16.9. The fourth-order valence-corrected chi connectivity index (χ4v) is 2.77. The monoisotopic (exact) mass is 294 g/mol. The van der Waals surface area contributed by atoms with E-state index in [0.717, 1.165) is 0 Å². The van der Waals surface area contributed by atoms with E-state index < -0.39 is 24.2 Å². The predicted molar refractivity (Wildman–Crippen MR) is 60.8 cm³/mol. The van der Waals surface area contributed by atoms with Crippen LogP contribution in [0, 0.1) is 0 Å². The maximum absolute atomic E-state index is 12.2. The maximum Gasteiger partial charge on any atom is 0.471 e. The average Bonchev–Trinajstić information content (AvgIpc) is 2.86. The van der Waals surface area contributed by atoms with Crippen molar-refractivity contribution in [3.63, 3.8) is 0 Å². The molecule has 1 aromatic heterocycles. The molecule has 5 nitrogen and oxygen atoms in total. The molecule has 1 aromatic rings. The number of thiophene rings is 1. The zero-order chi connectivity index (χ0) is 14.2. The smallest absolute Gasteiger partial charge is 0.399 e. The van der Waals surface area contributed by atoms with Crippen molar-refractivity contribution in [2.24, 2.45) is 5.16 Å². The van der Waals surface area contributed by atoms with Crippen LogP contribution in [0.1, 0.15) is 16.5 Å². The van der Waals surface area contributed by atoms with Crippen LogP contribution in [-0.4, -0.2) is 36.1 Å². The van der Waals surface area contributed by atoms with Gasteiger partial charge >= 0.3 is 12.1 Å². The molecule has 2 atom stereocenters. The van der Waals surface area contributed by atoms with E-state index in [4.69, 9.17) is 0 Å². The second kappa shape index (κ2) is 4.82. The number of amides is 1. The number of rotatable bonds is 2. The summed E-state index contributed by atoms with van der Waals surface area (Å²) < 4.78 is 36.7. The van der Waals surface area contributed by atoms with Gasteiger partial charge in [-0.15, -0.1) is 11.3 Å². The lowest BCUT2D eigenvalue weighted by Gasteiger charge is -2.18. The first-order valence-corrected chi connectivity index (χ1v) is 5.98. The van der Waals surface area contributed by atoms with Gasteiger partial charge in [-0.1, -0.05) is 5.16 Å². The van der Waals surface area contributed by atoms with Gasteiger partial charge in [-0.2, -0.15) is 13.2 Å². The zero-order valence-corrected chi connectivity index (χ0v) is 10.4. The van der Waals surface area contributed by atoms with Crippen molar-refractivity contribution < 1.29 is 27.9 Å². The fraction of sp³-hybridized carbons (Fsp3) is 0.400. The first kappa shape index (κ1) is 13.8. The van der Waals surface area contributed by atoms with Crippen LogP contribution < -0.4 is 5.32 Å². The number of halogens is 3. The Hall–Kier alpha value is -1.61. The lowest BCUT2D eigenvalue weighted by atomic mass is 10.1. The minimum atomic E-state index is -5.00. The highest BCUT2D eigenvalue weighted by Gasteiger charge is 2.45. The first-order chi connectivity index (χ1) is 8.86. The Morgan fingerprint density at radius 2 is 2.26 bits per heavy atom. The Morgan fingerprint density at radius 3 is 2.84 bits per heavy atom. The summed E-state index contributed by atoms with van der Waals surface area (Å²) in [4.78, 5) is 16.0. The van der Waals surface area contributed by atoms with Crippen LogP contribution in [0.3, 0.4) is 0 Å². The standard InChI is InChI=1S/C10H9F3N2O3S/c1-18-15-6-7(16)5(4-2-3-19-8(4)6)14-9(17)10(11,12)13/h2-3,5,7,16H,1H3,(H,14,17)/b15-6+/t5-,7+/m1/s1. The first-order valence-electron chi connectivity index (χ1n) is 5.10. The number of aliphatic hydroxyl groups is 1. The highest BCUT2D eigenvalue weighted by molar-refractivity contribution is 7.12. The van der Waals surface area contributed by atoms with Crippen molar-refractivity contribution in [1.29, 1.82) is 0 Å². The van der Waals surface area contributed by atoms with Gasteiger partial charge in [0.1, 0.15) is 18.9 Å². The van der Waals surface area contributed by atoms with E-state index in [1.165, 1.54) is 24.5 Å². The molecule has 1 aliphatic rings. The molecule has 0 aromatic carbocycles. The third kappa shape index (κ3) is 2.43. The normalized spacial score (nSPS) is 24.4. The second-order valence-corrected chi connectivity index (χ2v) is 4.67. The molecule has 2 rings (SSSR count). The van der Waals surface area contributed by atoms with Gasteiger partial charge in [0.05, 0.1) is 10.9 Å². The SMILES string of the molecule is CO/N=C1/c2sccc2[C@@H](NC(=O)C(F)(F)F)[C@@H]1O. The number of hydrogen-bond donors (Lipinski definition) is 2. The summed E-state index contributed by atoms with van der Waals surface area (Å²) in [5.74, 6) is -2.10. The van der Waals surface area contributed by atoms with Gasteiger partial charge in [0.15, 0.2) is 0 Å². The van der Waals surface area contributed by atoms with E-state index in [0.29, 0.717) is 10.4 Å². The molecule has 0 unspecified atom stereocenters. The molecule has 19 heavy (non-hydrogen) atoms. The number of hydrogen-bond acceptors (Lipinski definition) is 5. The van der Waals surface area contributed by atoms with Crippen molar-refractivity contribution >= 4 is 23.0 Å². The molecule has 1 aliphatic carbocycles. The number of carbonyl (C=O) groups is 1. The molecule has 2 N–H and O–H groups in total. The molecule has 104 valence electrons. The Kier molecular flexibility index (Phi) is 3.50. The van der Waals surface area contributed by atoms with E-state index in [1.807, 2.05) is 0 Å². The molecule has 0 spiro atoms. The van der Waals surface area contributed by atoms with Crippen molar-refractivity contribution in [1.82, 2.24) is 5.32 Å². The van der Waals surface area contributed by atoms with Gasteiger partial charge in [-0.25, -0.2) is 0 Å². The van der Waals surface area contributed by atoms with E-state index >= 15 is 0 Å². The molecule has 1 amide bonds. The van der Waals surface area contributed by atoms with Crippen LogP contribution in [0.15, 0.2) is 16.6 Å². The number of fused-ring (bicyclic) bond motifs is 1. The molecule has 0 fully saturated rings. The van der Waals surface area contributed by atoms with Crippen LogP contribution in [0.5, 0.6) is 0 Å². The topological polar surface area (TPSA) is 70.9 Å². The summed E-state index contributed by atoms with van der Waals surface area (Å²) >= 11 is 1.20. The van der Waals surface area contributed by atoms with Gasteiger partial charge in [0.2, 0.25) is 0 Å². The molecule has 0 bridgehead atoms. The molecule has 0 saturated carbocycles. The summed E-state index contributed by atoms with van der Waals surface area (Å²) in [6.45, 7) is 0. The summed E-state index contributed by atoms with van der Waals surface area (Å²) in [6, 6.07) is 0.354. The quantitative estimate of drug-likeness (QED) is 0.805. The zero-order valence-electron chi connectivity index (χ0n) is 9.56. The van der Waals surface area contributed by atoms with E-state index in [2.05, 4.69) is 9.99 Å². The van der Waals surface area contributed by atoms with Gasteiger partial charge in [0, 0.05) is 0 Å². The molecule has 1 heterocycles. The lowest BCUT2D eigenvalue weighted by Crippen LogP contribution is -2.42. The minimum absolute atomic E-state index is 0.111. The third-order valence-corrected chi connectivity index (χ3v) is 3.55. The largest absolute Gasteiger partial charge is 0.471 e. The Bertz CT molecular complexity index is 526. The van der Waals surface area contributed by atoms with Crippen LogP contribution >= 0.6 is 11.3 Å². The molecule has 0 aliphatic heterocycles. The van der Waals surface area contributed by atoms with Crippen LogP contribution in [0.25, 0.3) is 0 Å². The Labute approximate surface area is 109 Å². The van der Waals surface area contributed by atoms with Crippen molar-refractivity contribution in [3.8, 4) is 0 Å². The number of nitrogens with one attached hydrogen (secondary N) is 1. The molecule has 9 heteroatoms. The number of alkyl halides is 3. The highest BCUT2D eigenvalue weighted by Crippen LogP contribution is 2.36. The Morgan fingerprint density at radius 1 is 1.58 bits per heavy atom. The molecule has 0 saturated heterocycles. The summed E-state index contributed by atoms with van der Waals surface area (Å²) in [6.07, 6.45) is -6.37. The average molecular weight is 294 g/mol. The van der Waals surface area contributed by atoms with E-state index in [-0.39, 0.29) is 5.71 Å². The van der Waals surface area contributed by atoms with E-state index in [9.17, 15) is 23.1 Å². The van der Waals surface area contributed by atoms with Gasteiger partial charge in [-0.05, 0) is 17.0 Å². The second-order valence-electron chi connectivity index (χ2n) is 3.76. The van der Waals surface area contributed by atoms with Crippen molar-refractivity contribution in [3.05, 3.63) is 21.9 Å². The van der Waals surface area contributed by atoms with Crippen molar-refractivity contribution in [2.75, 3.05) is 7.11 Å². The number of aliphatic hydroxyl groups excluding tert-OH is 1. The van der Waals surface area contributed by atoms with Crippen LogP contribution in [0.2, 0.25) is 0 Å². The summed E-state index contributed by atoms with van der Waals surface area (Å²) in [5.41, 5.74) is 0.505. The molecular formula is C10H9F3N2O3S. The predicted octanol–water partition coefficient (Wildman–Crippen LogP) is 1.19. The van der Waals surface area contributed by atoms with Crippen LogP contribution in [-0.2, 0) is 9.63 Å². The summed E-state index contributed by atoms with van der Waals surface area (Å²) in [7, 11) is 1.26. The number of carbonyl (C=O) groups excluding carboxylic acids is 1. The fourth-order valence-electron chi connectivity index (χ4n) is 1.81. The lowest BCUT2D eigenvalue weighted by molar-refractivity contribution is -0.174. The van der Waals surface area contributed by atoms with Crippen molar-refractivity contribution in [2.45, 2.75) is 18.3 Å². The maximum atomic E-state index is 12.2. The van der Waals surface area contributed by atoms with Gasteiger partial charge < -0.3 is 15.3 Å². The number of nitrogens with zero attached hydrogens (tertiary/aromatic N) is 1. The van der Waals surface area contributed by atoms with Gasteiger partial charge in [-0.3, -0.25) is 4.79 Å².